The Balaban J connectivity index is 1.51. The van der Waals surface area contributed by atoms with Gasteiger partial charge < -0.3 is 10.6 Å². The highest BCUT2D eigenvalue weighted by molar-refractivity contribution is 6.07. The molecule has 0 radical (unpaired) electrons. The van der Waals surface area contributed by atoms with Gasteiger partial charge in [0, 0.05) is 24.1 Å². The molecule has 2 amide bonds. The first-order valence-electron chi connectivity index (χ1n) is 12.1. The van der Waals surface area contributed by atoms with Crippen LogP contribution in [0.4, 0.5) is 0 Å². The monoisotopic (exact) mass is 467 g/mol. The van der Waals surface area contributed by atoms with Crippen molar-refractivity contribution >= 4 is 22.8 Å². The van der Waals surface area contributed by atoms with Gasteiger partial charge in [0.05, 0.1) is 22.8 Å². The quantitative estimate of drug-likeness (QED) is 0.404. The average molecular weight is 468 g/mol. The van der Waals surface area contributed by atoms with Gasteiger partial charge in [-0.3, -0.25) is 9.59 Å². The Morgan fingerprint density at radius 3 is 2.37 bits per heavy atom. The Kier molecular flexibility index (Phi) is 6.31. The van der Waals surface area contributed by atoms with Crippen LogP contribution in [-0.2, 0) is 11.2 Å². The zero-order chi connectivity index (χ0) is 24.4. The van der Waals surface area contributed by atoms with E-state index in [0.29, 0.717) is 28.7 Å². The number of aromatic nitrogens is 3. The van der Waals surface area contributed by atoms with Gasteiger partial charge in [-0.1, -0.05) is 60.7 Å². The first-order chi connectivity index (χ1) is 17.0. The average Bonchev–Trinajstić information content (AvgIpc) is 3.58. The summed E-state index contributed by atoms with van der Waals surface area (Å²) in [5.74, 6) is -0.471. The molecule has 2 aromatic carbocycles. The van der Waals surface area contributed by atoms with Crippen molar-refractivity contribution in [2.45, 2.75) is 51.2 Å². The summed E-state index contributed by atoms with van der Waals surface area (Å²) in [5.41, 5.74) is 3.69. The van der Waals surface area contributed by atoms with Gasteiger partial charge in [0.25, 0.3) is 5.91 Å². The standard InChI is InChI=1S/C28H29N5O2/c1-18(2)33-26-23(17-29-33)22(16-24(31-26)20-11-7-4-8-12-20)27(34)32-25(28(35)30-21-13-14-21)15-19-9-5-3-6-10-19/h3-12,16-18,21,25H,13-15H2,1-2H3,(H,30,35)(H,32,34). The fourth-order valence-corrected chi connectivity index (χ4v) is 4.17. The van der Waals surface area contributed by atoms with Crippen LogP contribution in [0.25, 0.3) is 22.3 Å². The number of carbonyl (C=O) groups is 2. The van der Waals surface area contributed by atoms with Crippen molar-refractivity contribution in [3.63, 3.8) is 0 Å². The number of benzene rings is 2. The lowest BCUT2D eigenvalue weighted by Crippen LogP contribution is -2.48. The van der Waals surface area contributed by atoms with Crippen LogP contribution in [0.15, 0.2) is 72.9 Å². The molecule has 1 atom stereocenters. The van der Waals surface area contributed by atoms with Crippen LogP contribution in [0.5, 0.6) is 0 Å². The largest absolute Gasteiger partial charge is 0.352 e. The van der Waals surface area contributed by atoms with Gasteiger partial charge in [-0.15, -0.1) is 0 Å². The summed E-state index contributed by atoms with van der Waals surface area (Å²) in [6.07, 6.45) is 4.06. The number of rotatable bonds is 8. The Morgan fingerprint density at radius 1 is 1.03 bits per heavy atom. The van der Waals surface area contributed by atoms with Crippen LogP contribution >= 0.6 is 0 Å². The second-order valence-electron chi connectivity index (χ2n) is 9.34. The third-order valence-electron chi connectivity index (χ3n) is 6.20. The number of amides is 2. The maximum atomic E-state index is 13.7. The van der Waals surface area contributed by atoms with E-state index in [0.717, 1.165) is 24.0 Å². The molecule has 2 heterocycles. The van der Waals surface area contributed by atoms with Crippen LogP contribution in [0, 0.1) is 0 Å². The second-order valence-corrected chi connectivity index (χ2v) is 9.34. The van der Waals surface area contributed by atoms with Crippen molar-refractivity contribution in [1.82, 2.24) is 25.4 Å². The Labute approximate surface area is 204 Å². The van der Waals surface area contributed by atoms with Crippen LogP contribution in [0.2, 0.25) is 0 Å². The summed E-state index contributed by atoms with van der Waals surface area (Å²) < 4.78 is 1.82. The number of hydrogen-bond acceptors (Lipinski definition) is 4. The maximum absolute atomic E-state index is 13.7. The fraction of sp³-hybridized carbons (Fsp3) is 0.286. The number of nitrogens with zero attached hydrogens (tertiary/aromatic N) is 3. The molecule has 35 heavy (non-hydrogen) atoms. The van der Waals surface area contributed by atoms with Crippen molar-refractivity contribution in [2.24, 2.45) is 0 Å². The predicted molar refractivity (Wildman–Crippen MR) is 136 cm³/mol. The minimum absolute atomic E-state index is 0.0806. The highest BCUT2D eigenvalue weighted by Gasteiger charge is 2.29. The minimum atomic E-state index is -0.686. The van der Waals surface area contributed by atoms with E-state index in [1.54, 1.807) is 12.3 Å². The van der Waals surface area contributed by atoms with Crippen molar-refractivity contribution in [3.8, 4) is 11.3 Å². The molecule has 178 valence electrons. The summed E-state index contributed by atoms with van der Waals surface area (Å²) in [5, 5.41) is 11.2. The van der Waals surface area contributed by atoms with Crippen molar-refractivity contribution in [3.05, 3.63) is 84.1 Å². The molecule has 1 unspecified atom stereocenters. The van der Waals surface area contributed by atoms with Crippen LogP contribution < -0.4 is 10.6 Å². The lowest BCUT2D eigenvalue weighted by Gasteiger charge is -2.19. The normalized spacial score (nSPS) is 14.1. The van der Waals surface area contributed by atoms with E-state index in [2.05, 4.69) is 15.7 Å². The SMILES string of the molecule is CC(C)n1ncc2c(C(=O)NC(Cc3ccccc3)C(=O)NC3CC3)cc(-c3ccccc3)nc21. The third kappa shape index (κ3) is 5.09. The van der Waals surface area contributed by atoms with Crippen molar-refractivity contribution < 1.29 is 9.59 Å². The molecule has 1 aliphatic rings. The molecule has 1 fully saturated rings. The molecular formula is C28H29N5O2. The Morgan fingerprint density at radius 2 is 1.71 bits per heavy atom. The summed E-state index contributed by atoms with van der Waals surface area (Å²) in [4.78, 5) is 31.6. The molecule has 0 aliphatic heterocycles. The first kappa shape index (κ1) is 22.8. The van der Waals surface area contributed by atoms with Crippen LogP contribution in [-0.4, -0.2) is 38.7 Å². The topological polar surface area (TPSA) is 88.9 Å². The molecule has 0 saturated heterocycles. The minimum Gasteiger partial charge on any atom is -0.352 e. The number of pyridine rings is 1. The first-order valence-corrected chi connectivity index (χ1v) is 12.1. The summed E-state index contributed by atoms with van der Waals surface area (Å²) in [6, 6.07) is 20.9. The molecule has 7 nitrogen and oxygen atoms in total. The van der Waals surface area contributed by atoms with Crippen LogP contribution in [0.1, 0.15) is 48.7 Å². The van der Waals surface area contributed by atoms with Crippen LogP contribution in [0.3, 0.4) is 0 Å². The molecule has 2 N–H and O–H groups in total. The molecular weight excluding hydrogens is 438 g/mol. The van der Waals surface area contributed by atoms with E-state index in [9.17, 15) is 9.59 Å². The van der Waals surface area contributed by atoms with E-state index in [1.165, 1.54) is 0 Å². The Hall–Kier alpha value is -4.00. The van der Waals surface area contributed by atoms with Gasteiger partial charge in [0.15, 0.2) is 5.65 Å². The van der Waals surface area contributed by atoms with E-state index in [4.69, 9.17) is 4.98 Å². The summed E-state index contributed by atoms with van der Waals surface area (Å²) in [6.45, 7) is 4.06. The molecule has 0 bridgehead atoms. The smallest absolute Gasteiger partial charge is 0.252 e. The Bertz CT molecular complexity index is 1340. The van der Waals surface area contributed by atoms with E-state index >= 15 is 0 Å². The van der Waals surface area contributed by atoms with Gasteiger partial charge in [-0.2, -0.15) is 5.10 Å². The molecule has 7 heteroatoms. The molecule has 5 rings (SSSR count). The van der Waals surface area contributed by atoms with Gasteiger partial charge in [-0.05, 0) is 38.3 Å². The van der Waals surface area contributed by atoms with E-state index in [1.807, 2.05) is 79.2 Å². The predicted octanol–water partition coefficient (Wildman–Crippen LogP) is 4.30. The second kappa shape index (κ2) is 9.70. The zero-order valence-corrected chi connectivity index (χ0v) is 19.9. The maximum Gasteiger partial charge on any atom is 0.252 e. The highest BCUT2D eigenvalue weighted by Crippen LogP contribution is 2.26. The van der Waals surface area contributed by atoms with Gasteiger partial charge in [0.1, 0.15) is 6.04 Å². The van der Waals surface area contributed by atoms with E-state index in [-0.39, 0.29) is 23.9 Å². The van der Waals surface area contributed by atoms with Crippen molar-refractivity contribution in [1.29, 1.82) is 0 Å². The number of hydrogen-bond donors (Lipinski definition) is 2. The molecule has 0 spiro atoms. The summed E-state index contributed by atoms with van der Waals surface area (Å²) >= 11 is 0. The lowest BCUT2D eigenvalue weighted by molar-refractivity contribution is -0.123. The van der Waals surface area contributed by atoms with Gasteiger partial charge in [0.2, 0.25) is 5.91 Å². The summed E-state index contributed by atoms with van der Waals surface area (Å²) in [7, 11) is 0. The zero-order valence-electron chi connectivity index (χ0n) is 19.9. The van der Waals surface area contributed by atoms with E-state index < -0.39 is 6.04 Å². The fourth-order valence-electron chi connectivity index (χ4n) is 4.17. The van der Waals surface area contributed by atoms with Gasteiger partial charge >= 0.3 is 0 Å². The lowest BCUT2D eigenvalue weighted by atomic mass is 10.0. The van der Waals surface area contributed by atoms with Gasteiger partial charge in [-0.25, -0.2) is 9.67 Å². The van der Waals surface area contributed by atoms with Crippen molar-refractivity contribution in [2.75, 3.05) is 0 Å². The molecule has 4 aromatic rings. The highest BCUT2D eigenvalue weighted by atomic mass is 16.2. The number of carbonyl (C=O) groups excluding carboxylic acids is 2. The number of nitrogens with one attached hydrogen (secondary N) is 2. The molecule has 1 aliphatic carbocycles. The third-order valence-corrected chi connectivity index (χ3v) is 6.20. The molecule has 1 saturated carbocycles. The molecule has 2 aromatic heterocycles. The number of fused-ring (bicyclic) bond motifs is 1.